The summed E-state index contributed by atoms with van der Waals surface area (Å²) in [6.45, 7) is 4.17. The predicted octanol–water partition coefficient (Wildman–Crippen LogP) is 2.56. The number of benzene rings is 1. The third kappa shape index (κ3) is 3.30. The maximum atomic E-state index is 5.04. The Hall–Kier alpha value is -1.79. The van der Waals surface area contributed by atoms with E-state index in [1.165, 1.54) is 0 Å². The van der Waals surface area contributed by atoms with Gasteiger partial charge in [-0.3, -0.25) is 0 Å². The molecule has 0 aliphatic carbocycles. The summed E-state index contributed by atoms with van der Waals surface area (Å²) < 4.78 is 5.04. The van der Waals surface area contributed by atoms with Crippen LogP contribution >= 0.6 is 0 Å². The summed E-state index contributed by atoms with van der Waals surface area (Å²) in [6, 6.07) is 7.71. The zero-order valence-corrected chi connectivity index (χ0v) is 8.23. The van der Waals surface area contributed by atoms with Crippen LogP contribution in [-0.2, 0) is 0 Å². The molecule has 2 nitrogen and oxygen atoms in total. The van der Waals surface area contributed by atoms with E-state index < -0.39 is 0 Å². The molecular formula is C12H13NO. The van der Waals surface area contributed by atoms with Gasteiger partial charge in [0.05, 0.1) is 13.7 Å². The van der Waals surface area contributed by atoms with Crippen LogP contribution < -0.4 is 4.74 Å². The first-order chi connectivity index (χ1) is 6.86. The zero-order valence-electron chi connectivity index (χ0n) is 8.23. The van der Waals surface area contributed by atoms with Crippen LogP contribution in [0.4, 0.5) is 0 Å². The second-order valence-electron chi connectivity index (χ2n) is 2.68. The number of methoxy groups -OCH3 is 1. The maximum Gasteiger partial charge on any atom is 0.118 e. The second kappa shape index (κ2) is 5.79. The number of ether oxygens (including phenoxy) is 1. The minimum atomic E-state index is 0.604. The number of aliphatic imine (C=N–C) groups is 1. The van der Waals surface area contributed by atoms with Crippen molar-refractivity contribution in [1.29, 1.82) is 0 Å². The fraction of sp³-hybridized carbons (Fsp3) is 0.167. The van der Waals surface area contributed by atoms with Crippen LogP contribution in [0.15, 0.2) is 41.9 Å². The molecule has 0 unspecified atom stereocenters. The van der Waals surface area contributed by atoms with Gasteiger partial charge in [0.1, 0.15) is 5.75 Å². The molecule has 1 rings (SSSR count). The Morgan fingerprint density at radius 1 is 1.43 bits per heavy atom. The van der Waals surface area contributed by atoms with Gasteiger partial charge in [-0.2, -0.15) is 0 Å². The van der Waals surface area contributed by atoms with Crippen LogP contribution in [0.5, 0.6) is 5.75 Å². The Kier molecular flexibility index (Phi) is 4.25. The Morgan fingerprint density at radius 2 is 2.14 bits per heavy atom. The molecule has 0 heterocycles. The van der Waals surface area contributed by atoms with Gasteiger partial charge in [0.15, 0.2) is 0 Å². The Labute approximate surface area is 84.3 Å². The van der Waals surface area contributed by atoms with Gasteiger partial charge >= 0.3 is 0 Å². The summed E-state index contributed by atoms with van der Waals surface area (Å²) in [6.07, 6.45) is 3.55. The van der Waals surface area contributed by atoms with Crippen molar-refractivity contribution in [3.63, 3.8) is 0 Å². The minimum absolute atomic E-state index is 0.604. The SMILES string of the molecule is C=CCN=C=Cc1ccc(OC)cc1. The van der Waals surface area contributed by atoms with Gasteiger partial charge in [-0.25, -0.2) is 4.99 Å². The van der Waals surface area contributed by atoms with E-state index in [2.05, 4.69) is 17.4 Å². The van der Waals surface area contributed by atoms with Crippen LogP contribution in [0.1, 0.15) is 5.56 Å². The molecule has 0 spiro atoms. The summed E-state index contributed by atoms with van der Waals surface area (Å²) in [4.78, 5) is 3.97. The van der Waals surface area contributed by atoms with Gasteiger partial charge in [0.2, 0.25) is 0 Å². The van der Waals surface area contributed by atoms with Crippen LogP contribution in [0.3, 0.4) is 0 Å². The topological polar surface area (TPSA) is 21.6 Å². The average molecular weight is 187 g/mol. The quantitative estimate of drug-likeness (QED) is 0.524. The molecule has 72 valence electrons. The Balaban J connectivity index is 2.68. The first kappa shape index (κ1) is 10.3. The summed E-state index contributed by atoms with van der Waals surface area (Å²) in [5.74, 6) is 3.68. The number of rotatable bonds is 4. The van der Waals surface area contributed by atoms with Crippen molar-refractivity contribution in [2.45, 2.75) is 0 Å². The second-order valence-corrected chi connectivity index (χ2v) is 2.68. The molecule has 0 saturated heterocycles. The van der Waals surface area contributed by atoms with Crippen molar-refractivity contribution >= 4 is 11.9 Å². The highest BCUT2D eigenvalue weighted by molar-refractivity contribution is 5.77. The van der Waals surface area contributed by atoms with Gasteiger partial charge in [0, 0.05) is 6.08 Å². The molecule has 0 radical (unpaired) electrons. The summed E-state index contributed by atoms with van der Waals surface area (Å²) in [5, 5.41) is 0. The van der Waals surface area contributed by atoms with Crippen molar-refractivity contribution in [2.24, 2.45) is 4.99 Å². The van der Waals surface area contributed by atoms with Crippen LogP contribution in [0.25, 0.3) is 6.08 Å². The van der Waals surface area contributed by atoms with Gasteiger partial charge in [0.25, 0.3) is 0 Å². The van der Waals surface area contributed by atoms with Gasteiger partial charge in [-0.05, 0) is 23.6 Å². The van der Waals surface area contributed by atoms with E-state index in [9.17, 15) is 0 Å². The standard InChI is InChI=1S/C12H13NO/c1-3-9-13-10-8-11-4-6-12(14-2)7-5-11/h3-8H,1,9H2,2H3. The molecule has 0 fully saturated rings. The van der Waals surface area contributed by atoms with Crippen molar-refractivity contribution in [1.82, 2.24) is 0 Å². The molecule has 0 aromatic heterocycles. The molecule has 14 heavy (non-hydrogen) atoms. The smallest absolute Gasteiger partial charge is 0.118 e. The van der Waals surface area contributed by atoms with E-state index in [1.54, 1.807) is 13.2 Å². The predicted molar refractivity (Wildman–Crippen MR) is 60.0 cm³/mol. The fourth-order valence-electron chi connectivity index (χ4n) is 0.938. The lowest BCUT2D eigenvalue weighted by molar-refractivity contribution is 0.415. The molecule has 2 heteroatoms. The summed E-state index contributed by atoms with van der Waals surface area (Å²) in [5.41, 5.74) is 1.05. The minimum Gasteiger partial charge on any atom is -0.497 e. The lowest BCUT2D eigenvalue weighted by atomic mass is 10.2. The van der Waals surface area contributed by atoms with E-state index in [0.717, 1.165) is 11.3 Å². The van der Waals surface area contributed by atoms with E-state index >= 15 is 0 Å². The average Bonchev–Trinajstić information content (AvgIpc) is 2.25. The summed E-state index contributed by atoms with van der Waals surface area (Å²) in [7, 11) is 1.65. The molecule has 1 aromatic rings. The first-order valence-corrected chi connectivity index (χ1v) is 4.37. The summed E-state index contributed by atoms with van der Waals surface area (Å²) >= 11 is 0. The lowest BCUT2D eigenvalue weighted by Gasteiger charge is -1.97. The highest BCUT2D eigenvalue weighted by Crippen LogP contribution is 2.11. The first-order valence-electron chi connectivity index (χ1n) is 4.37. The molecule has 0 N–H and O–H groups in total. The third-order valence-corrected chi connectivity index (χ3v) is 1.66. The third-order valence-electron chi connectivity index (χ3n) is 1.66. The fourth-order valence-corrected chi connectivity index (χ4v) is 0.938. The molecular weight excluding hydrogens is 174 g/mol. The zero-order chi connectivity index (χ0) is 10.2. The molecule has 0 aliphatic heterocycles. The molecule has 0 aliphatic rings. The van der Waals surface area contributed by atoms with Crippen LogP contribution in [-0.4, -0.2) is 19.5 Å². The van der Waals surface area contributed by atoms with Crippen molar-refractivity contribution < 1.29 is 4.74 Å². The number of nitrogens with zero attached hydrogens (tertiary/aromatic N) is 1. The number of hydrogen-bond donors (Lipinski definition) is 0. The van der Waals surface area contributed by atoms with Crippen molar-refractivity contribution in [2.75, 3.05) is 13.7 Å². The van der Waals surface area contributed by atoms with Gasteiger partial charge < -0.3 is 4.74 Å². The van der Waals surface area contributed by atoms with E-state index in [-0.39, 0.29) is 0 Å². The molecule has 0 saturated carbocycles. The molecule has 0 atom stereocenters. The van der Waals surface area contributed by atoms with Crippen molar-refractivity contribution in [3.05, 3.63) is 42.5 Å². The highest BCUT2D eigenvalue weighted by atomic mass is 16.5. The van der Waals surface area contributed by atoms with Crippen molar-refractivity contribution in [3.8, 4) is 5.75 Å². The maximum absolute atomic E-state index is 5.04. The largest absolute Gasteiger partial charge is 0.497 e. The Bertz CT molecular complexity index is 345. The lowest BCUT2D eigenvalue weighted by Crippen LogP contribution is -1.81. The molecule has 1 aromatic carbocycles. The highest BCUT2D eigenvalue weighted by Gasteiger charge is 1.88. The Morgan fingerprint density at radius 3 is 2.71 bits per heavy atom. The van der Waals surface area contributed by atoms with E-state index in [1.807, 2.05) is 30.3 Å². The van der Waals surface area contributed by atoms with Crippen LogP contribution in [0, 0.1) is 0 Å². The molecule has 0 bridgehead atoms. The van der Waals surface area contributed by atoms with E-state index in [0.29, 0.717) is 6.54 Å². The molecule has 0 amide bonds. The van der Waals surface area contributed by atoms with Gasteiger partial charge in [-0.15, -0.1) is 6.58 Å². The van der Waals surface area contributed by atoms with Gasteiger partial charge in [-0.1, -0.05) is 18.2 Å². The monoisotopic (exact) mass is 187 g/mol. The number of hydrogen-bond acceptors (Lipinski definition) is 2. The normalized spacial score (nSPS) is 8.64. The van der Waals surface area contributed by atoms with Crippen LogP contribution in [0.2, 0.25) is 0 Å². The van der Waals surface area contributed by atoms with E-state index in [4.69, 9.17) is 4.74 Å².